The van der Waals surface area contributed by atoms with Gasteiger partial charge in [-0.2, -0.15) is 0 Å². The van der Waals surface area contributed by atoms with E-state index in [9.17, 15) is 9.18 Å². The molecule has 0 unspecified atom stereocenters. The van der Waals surface area contributed by atoms with E-state index >= 15 is 0 Å². The van der Waals surface area contributed by atoms with Crippen LogP contribution < -0.4 is 0 Å². The first kappa shape index (κ1) is 8.23. The molecule has 0 aromatic heterocycles. The van der Waals surface area contributed by atoms with Gasteiger partial charge in [-0.25, -0.2) is 4.39 Å². The van der Waals surface area contributed by atoms with Crippen molar-refractivity contribution in [2.24, 2.45) is 0 Å². The Bertz CT molecular complexity index is 362. The Labute approximate surface area is 76.0 Å². The topological polar surface area (TPSA) is 20.3 Å². The number of carbonyl (C=O) groups excluding carboxylic acids is 1. The molecule has 68 valence electrons. The molecule has 0 spiro atoms. The van der Waals surface area contributed by atoms with Crippen LogP contribution in [0.2, 0.25) is 0 Å². The van der Waals surface area contributed by atoms with Crippen molar-refractivity contribution >= 4 is 5.91 Å². The highest BCUT2D eigenvalue weighted by atomic mass is 19.1. The lowest BCUT2D eigenvalue weighted by Crippen LogP contribution is -2.21. The lowest BCUT2D eigenvalue weighted by Gasteiger charge is -2.11. The maximum absolute atomic E-state index is 13.2. The number of halogens is 1. The number of carbonyl (C=O) groups is 1. The summed E-state index contributed by atoms with van der Waals surface area (Å²) in [5.41, 5.74) is 1.59. The summed E-state index contributed by atoms with van der Waals surface area (Å²) >= 11 is 0. The Hall–Kier alpha value is -1.38. The van der Waals surface area contributed by atoms with Gasteiger partial charge in [0.25, 0.3) is 0 Å². The number of fused-ring (bicyclic) bond motifs is 1. The van der Waals surface area contributed by atoms with E-state index in [2.05, 4.69) is 0 Å². The van der Waals surface area contributed by atoms with Crippen LogP contribution in [0, 0.1) is 5.82 Å². The number of hydrogen-bond donors (Lipinski definition) is 0. The van der Waals surface area contributed by atoms with Crippen molar-refractivity contribution in [3.63, 3.8) is 0 Å². The molecule has 0 aliphatic carbocycles. The Morgan fingerprint density at radius 1 is 1.46 bits per heavy atom. The van der Waals surface area contributed by atoms with E-state index in [0.717, 1.165) is 5.56 Å². The molecule has 0 radical (unpaired) electrons. The largest absolute Gasteiger partial charge is 0.334 e. The minimum Gasteiger partial charge on any atom is -0.334 e. The Kier molecular flexibility index (Phi) is 1.79. The molecule has 1 aromatic rings. The van der Waals surface area contributed by atoms with Crippen LogP contribution in [-0.4, -0.2) is 10.8 Å². The number of hydrogen-bond acceptors (Lipinski definition) is 1. The fraction of sp³-hybridized carbons (Fsp3) is 0.300. The van der Waals surface area contributed by atoms with Crippen molar-refractivity contribution in [3.8, 4) is 0 Å². The SMILES string of the molecule is CC(=O)N1Cc2cccc(F)c2C1. The van der Waals surface area contributed by atoms with Crippen LogP contribution in [0.5, 0.6) is 0 Å². The van der Waals surface area contributed by atoms with Crippen molar-refractivity contribution in [2.45, 2.75) is 20.0 Å². The van der Waals surface area contributed by atoms with Crippen LogP contribution in [0.15, 0.2) is 18.2 Å². The molecule has 3 heteroatoms. The quantitative estimate of drug-likeness (QED) is 0.593. The molecule has 1 aliphatic heterocycles. The predicted molar refractivity (Wildman–Crippen MR) is 46.3 cm³/mol. The van der Waals surface area contributed by atoms with Crippen molar-refractivity contribution in [3.05, 3.63) is 35.1 Å². The molecule has 1 heterocycles. The molecule has 0 fully saturated rings. The van der Waals surface area contributed by atoms with Crippen LogP contribution in [0.25, 0.3) is 0 Å². The number of nitrogens with zero attached hydrogens (tertiary/aromatic N) is 1. The van der Waals surface area contributed by atoms with Gasteiger partial charge in [-0.3, -0.25) is 4.79 Å². The van der Waals surface area contributed by atoms with E-state index in [4.69, 9.17) is 0 Å². The maximum atomic E-state index is 13.2. The summed E-state index contributed by atoms with van der Waals surface area (Å²) in [5, 5.41) is 0. The van der Waals surface area contributed by atoms with Crippen molar-refractivity contribution in [2.75, 3.05) is 0 Å². The van der Waals surface area contributed by atoms with Gasteiger partial charge < -0.3 is 4.90 Å². The molecule has 1 aliphatic rings. The standard InChI is InChI=1S/C10H10FNO/c1-7(13)12-5-8-3-2-4-10(11)9(8)6-12/h2-4H,5-6H2,1H3. The molecule has 13 heavy (non-hydrogen) atoms. The molecule has 0 saturated carbocycles. The van der Waals surface area contributed by atoms with Gasteiger partial charge in [-0.05, 0) is 11.6 Å². The van der Waals surface area contributed by atoms with Gasteiger partial charge in [-0.1, -0.05) is 12.1 Å². The first-order valence-corrected chi connectivity index (χ1v) is 4.20. The normalized spacial score (nSPS) is 14.5. The first-order chi connectivity index (χ1) is 6.18. The van der Waals surface area contributed by atoms with Gasteiger partial charge >= 0.3 is 0 Å². The van der Waals surface area contributed by atoms with Crippen LogP contribution in [-0.2, 0) is 17.9 Å². The predicted octanol–water partition coefficient (Wildman–Crippen LogP) is 1.69. The molecule has 2 rings (SSSR count). The second-order valence-corrected chi connectivity index (χ2v) is 3.25. The van der Waals surface area contributed by atoms with E-state index in [-0.39, 0.29) is 11.7 Å². The zero-order valence-electron chi connectivity index (χ0n) is 7.38. The molecule has 0 N–H and O–H groups in total. The molecule has 0 bridgehead atoms. The molecule has 1 aromatic carbocycles. The molecule has 0 atom stereocenters. The monoisotopic (exact) mass is 179 g/mol. The molecule has 0 saturated heterocycles. The zero-order valence-corrected chi connectivity index (χ0v) is 7.38. The van der Waals surface area contributed by atoms with Gasteiger partial charge in [0.15, 0.2) is 0 Å². The minimum atomic E-state index is -0.207. The summed E-state index contributed by atoms with van der Waals surface area (Å²) in [7, 11) is 0. The lowest BCUT2D eigenvalue weighted by atomic mass is 10.1. The van der Waals surface area contributed by atoms with Crippen LogP contribution in [0.4, 0.5) is 4.39 Å². The van der Waals surface area contributed by atoms with E-state index in [1.807, 2.05) is 6.07 Å². The Balaban J connectivity index is 2.35. The molecule has 2 nitrogen and oxygen atoms in total. The summed E-state index contributed by atoms with van der Waals surface area (Å²) in [6.07, 6.45) is 0. The number of amides is 1. The Morgan fingerprint density at radius 2 is 2.23 bits per heavy atom. The van der Waals surface area contributed by atoms with Gasteiger partial charge in [0.2, 0.25) is 5.91 Å². The lowest BCUT2D eigenvalue weighted by molar-refractivity contribution is -0.129. The van der Waals surface area contributed by atoms with E-state index in [1.165, 1.54) is 13.0 Å². The smallest absolute Gasteiger partial charge is 0.220 e. The second-order valence-electron chi connectivity index (χ2n) is 3.25. The fourth-order valence-electron chi connectivity index (χ4n) is 1.60. The Morgan fingerprint density at radius 3 is 2.85 bits per heavy atom. The van der Waals surface area contributed by atoms with Crippen molar-refractivity contribution < 1.29 is 9.18 Å². The van der Waals surface area contributed by atoms with Gasteiger partial charge in [0.1, 0.15) is 5.82 Å². The van der Waals surface area contributed by atoms with Crippen LogP contribution >= 0.6 is 0 Å². The summed E-state index contributed by atoms with van der Waals surface area (Å²) < 4.78 is 13.2. The highest BCUT2D eigenvalue weighted by Crippen LogP contribution is 2.24. The minimum absolute atomic E-state index is 0.00407. The van der Waals surface area contributed by atoms with Crippen molar-refractivity contribution in [1.29, 1.82) is 0 Å². The third kappa shape index (κ3) is 1.30. The zero-order chi connectivity index (χ0) is 9.42. The van der Waals surface area contributed by atoms with Gasteiger partial charge in [0, 0.05) is 25.6 Å². The van der Waals surface area contributed by atoms with Crippen LogP contribution in [0.3, 0.4) is 0 Å². The van der Waals surface area contributed by atoms with E-state index < -0.39 is 0 Å². The third-order valence-electron chi connectivity index (χ3n) is 2.37. The van der Waals surface area contributed by atoms with Crippen molar-refractivity contribution in [1.82, 2.24) is 4.90 Å². The average Bonchev–Trinajstić information content (AvgIpc) is 2.49. The molecule has 1 amide bonds. The van der Waals surface area contributed by atoms with E-state index in [0.29, 0.717) is 18.7 Å². The maximum Gasteiger partial charge on any atom is 0.220 e. The molecular formula is C10H10FNO. The van der Waals surface area contributed by atoms with Crippen LogP contribution in [0.1, 0.15) is 18.1 Å². The number of rotatable bonds is 0. The summed E-state index contributed by atoms with van der Waals surface area (Å²) in [5.74, 6) is -0.211. The first-order valence-electron chi connectivity index (χ1n) is 4.20. The summed E-state index contributed by atoms with van der Waals surface area (Å²) in [6, 6.07) is 4.97. The van der Waals surface area contributed by atoms with Gasteiger partial charge in [0.05, 0.1) is 0 Å². The average molecular weight is 179 g/mol. The van der Waals surface area contributed by atoms with Gasteiger partial charge in [-0.15, -0.1) is 0 Å². The van der Waals surface area contributed by atoms with E-state index in [1.54, 1.807) is 11.0 Å². The highest BCUT2D eigenvalue weighted by molar-refractivity contribution is 5.74. The second kappa shape index (κ2) is 2.83. The summed E-state index contributed by atoms with van der Waals surface area (Å²) in [4.78, 5) is 12.7. The number of benzene rings is 1. The third-order valence-corrected chi connectivity index (χ3v) is 2.37. The summed E-state index contributed by atoms with van der Waals surface area (Å²) in [6.45, 7) is 2.46. The fourth-order valence-corrected chi connectivity index (χ4v) is 1.60. The highest BCUT2D eigenvalue weighted by Gasteiger charge is 2.22. The molecular weight excluding hydrogens is 169 g/mol.